The molecule has 0 bridgehead atoms. The van der Waals surface area contributed by atoms with Crippen molar-refractivity contribution in [3.8, 4) is 0 Å². The second-order valence-corrected chi connectivity index (χ2v) is 1.41. The summed E-state index contributed by atoms with van der Waals surface area (Å²) in [6.07, 6.45) is 0. The largest absolute Gasteiger partial charge is 3.00 e. The minimum atomic E-state index is -5.14. The monoisotopic (exact) mass is 254 g/mol. The molecule has 0 heterocycles. The Balaban J connectivity index is -0.0000000800. The van der Waals surface area contributed by atoms with Gasteiger partial charge in [0.25, 0.3) is 0 Å². The van der Waals surface area contributed by atoms with Gasteiger partial charge in [-0.15, -0.1) is 0 Å². The van der Waals surface area contributed by atoms with Crippen LogP contribution >= 0.6 is 7.82 Å². The van der Waals surface area contributed by atoms with Gasteiger partial charge >= 0.3 is 35.6 Å². The zero-order chi connectivity index (χ0) is 4.50. The Kier molecular flexibility index (Phi) is 12.1. The van der Waals surface area contributed by atoms with Gasteiger partial charge in [-0.1, -0.05) is 0 Å². The Morgan fingerprint density at radius 3 is 1.43 bits per heavy atom. The van der Waals surface area contributed by atoms with Gasteiger partial charge in [0.1, 0.15) is 0 Å². The van der Waals surface area contributed by atoms with Crippen molar-refractivity contribution in [3.05, 3.63) is 0 Å². The van der Waals surface area contributed by atoms with E-state index in [1.54, 1.807) is 0 Å². The van der Waals surface area contributed by atoms with Crippen molar-refractivity contribution in [3.63, 3.8) is 0 Å². The molecule has 4 nitrogen and oxygen atoms in total. The van der Waals surface area contributed by atoms with Crippen LogP contribution in [0.1, 0.15) is 0 Å². The van der Waals surface area contributed by atoms with E-state index in [1.807, 2.05) is 0 Å². The van der Waals surface area contributed by atoms with Crippen molar-refractivity contribution in [2.45, 2.75) is 0 Å². The number of hydrogen-bond donors (Lipinski definition) is 1. The molecule has 0 radical (unpaired) electrons. The first-order valence-electron chi connectivity index (χ1n) is 0.748. The summed E-state index contributed by atoms with van der Waals surface area (Å²) in [6, 6.07) is 0. The number of halogens is 1. The molecule has 1 N–H and O–H groups in total. The quantitative estimate of drug-likeness (QED) is 0.438. The van der Waals surface area contributed by atoms with Gasteiger partial charge in [0.15, 0.2) is 0 Å². The third kappa shape index (κ3) is 130. The summed E-state index contributed by atoms with van der Waals surface area (Å²) in [5, 5.41) is 0. The van der Waals surface area contributed by atoms with Gasteiger partial charge in [0, 0.05) is 0 Å². The predicted molar refractivity (Wildman–Crippen MR) is 9.83 cm³/mol. The van der Waals surface area contributed by atoms with Crippen LogP contribution in [0.15, 0.2) is 0 Å². The standard InChI is InChI=1S/FH.La.H3O4P/c;;1-5(2,3)4/h1H;;(H3,1,2,3,4)/q;+3;/p-3. The minimum Gasteiger partial charge on any atom is -1.00 e. The Bertz CT molecular complexity index is 57.8. The topological polar surface area (TPSA) is 83.4 Å². The number of rotatable bonds is 0. The van der Waals surface area contributed by atoms with E-state index < -0.39 is 7.82 Å². The maximum absolute atomic E-state index is 8.66. The van der Waals surface area contributed by atoms with Crippen LogP contribution in [0.5, 0.6) is 0 Å². The first kappa shape index (κ1) is 15.7. The Labute approximate surface area is 67.1 Å². The van der Waals surface area contributed by atoms with Crippen molar-refractivity contribution >= 4 is 7.82 Å². The summed E-state index contributed by atoms with van der Waals surface area (Å²) in [4.78, 5) is 24.3. The minimum absolute atomic E-state index is 0. The summed E-state index contributed by atoms with van der Waals surface area (Å²) < 4.78 is 8.66. The van der Waals surface area contributed by atoms with Crippen LogP contribution in [0, 0.1) is 35.6 Å². The second-order valence-electron chi connectivity index (χ2n) is 0.469. The van der Waals surface area contributed by atoms with Crippen LogP contribution in [-0.4, -0.2) is 4.89 Å². The second kappa shape index (κ2) is 5.37. The van der Waals surface area contributed by atoms with Gasteiger partial charge in [-0.25, -0.2) is 0 Å². The van der Waals surface area contributed by atoms with Crippen LogP contribution in [0.4, 0.5) is 0 Å². The third-order valence-electron chi connectivity index (χ3n) is 0. The van der Waals surface area contributed by atoms with E-state index in [0.29, 0.717) is 0 Å². The van der Waals surface area contributed by atoms with E-state index in [9.17, 15) is 0 Å². The first-order chi connectivity index (χ1) is 2.00. The smallest absolute Gasteiger partial charge is 1.00 e. The van der Waals surface area contributed by atoms with E-state index >= 15 is 0 Å². The third-order valence-corrected chi connectivity index (χ3v) is 0. The molecular formula is HFLaO4P. The van der Waals surface area contributed by atoms with Crippen LogP contribution in [0.25, 0.3) is 0 Å². The summed E-state index contributed by atoms with van der Waals surface area (Å²) >= 11 is 0. The normalized spacial score (nSPS) is 8.43. The fourth-order valence-electron chi connectivity index (χ4n) is 0. The van der Waals surface area contributed by atoms with Gasteiger partial charge in [-0.05, 0) is 0 Å². The molecule has 0 aliphatic carbocycles. The molecule has 0 saturated heterocycles. The van der Waals surface area contributed by atoms with Crippen molar-refractivity contribution in [1.82, 2.24) is 0 Å². The first-order valence-corrected chi connectivity index (χ1v) is 2.24. The molecule has 0 rings (SSSR count). The molecule has 0 unspecified atom stereocenters. The van der Waals surface area contributed by atoms with Crippen molar-refractivity contribution < 1.29 is 59.5 Å². The van der Waals surface area contributed by atoms with Crippen molar-refractivity contribution in [2.24, 2.45) is 0 Å². The van der Waals surface area contributed by atoms with E-state index in [-0.39, 0.29) is 40.3 Å². The molecule has 0 aromatic carbocycles. The van der Waals surface area contributed by atoms with Gasteiger partial charge < -0.3 is 23.9 Å². The molecule has 0 aromatic heterocycles. The summed E-state index contributed by atoms with van der Waals surface area (Å²) in [5.74, 6) is 0. The molecule has 7 heteroatoms. The molecule has 0 aromatic rings. The Morgan fingerprint density at radius 2 is 1.43 bits per heavy atom. The molecule has 0 saturated carbocycles. The zero-order valence-electron chi connectivity index (χ0n) is 3.07. The fraction of sp³-hybridized carbons (Fsp3) is 0. The molecule has 0 amide bonds. The Hall–Kier alpha value is 1.23. The summed E-state index contributed by atoms with van der Waals surface area (Å²) in [7, 11) is -5.14. The van der Waals surface area contributed by atoms with E-state index in [2.05, 4.69) is 0 Å². The van der Waals surface area contributed by atoms with Crippen LogP contribution in [-0.2, 0) is 4.57 Å². The zero-order valence-corrected chi connectivity index (χ0v) is 7.59. The average Bonchev–Trinajstić information content (AvgIpc) is 0.722. The molecular weight excluding hydrogens is 253 g/mol. The molecule has 0 aliphatic rings. The molecule has 0 aliphatic heterocycles. The van der Waals surface area contributed by atoms with Gasteiger partial charge in [-0.3, -0.25) is 0 Å². The average molecular weight is 254 g/mol. The SMILES string of the molecule is O=P([O-])([O-])O.[F-].[La+3]. The molecule has 40 valence electrons. The van der Waals surface area contributed by atoms with Gasteiger partial charge in [0.2, 0.25) is 0 Å². The van der Waals surface area contributed by atoms with E-state index in [4.69, 9.17) is 19.2 Å². The van der Waals surface area contributed by atoms with Crippen molar-refractivity contribution in [1.29, 1.82) is 0 Å². The molecule has 7 heavy (non-hydrogen) atoms. The predicted octanol–water partition coefficient (Wildman–Crippen LogP) is -5.19. The number of phosphoric acid groups is 1. The maximum atomic E-state index is 8.66. The maximum Gasteiger partial charge on any atom is 3.00 e. The van der Waals surface area contributed by atoms with Gasteiger partial charge in [-0.2, -0.15) is 0 Å². The van der Waals surface area contributed by atoms with Crippen molar-refractivity contribution in [2.75, 3.05) is 0 Å². The van der Waals surface area contributed by atoms with Crippen LogP contribution < -0.4 is 14.5 Å². The fourth-order valence-corrected chi connectivity index (χ4v) is 0. The summed E-state index contributed by atoms with van der Waals surface area (Å²) in [5.41, 5.74) is 0. The van der Waals surface area contributed by atoms with Gasteiger partial charge in [0.05, 0.1) is 7.82 Å². The molecule has 0 spiro atoms. The van der Waals surface area contributed by atoms with Crippen LogP contribution in [0.3, 0.4) is 0 Å². The number of hydrogen-bond acceptors (Lipinski definition) is 3. The summed E-state index contributed by atoms with van der Waals surface area (Å²) in [6.45, 7) is 0. The molecule has 0 atom stereocenters. The van der Waals surface area contributed by atoms with E-state index in [0.717, 1.165) is 0 Å². The Morgan fingerprint density at radius 1 is 1.43 bits per heavy atom. The molecule has 0 fully saturated rings. The van der Waals surface area contributed by atoms with Crippen LogP contribution in [0.2, 0.25) is 0 Å². The van der Waals surface area contributed by atoms with E-state index in [1.165, 1.54) is 0 Å².